The first-order chi connectivity index (χ1) is 7.81. The van der Waals surface area contributed by atoms with E-state index in [0.717, 1.165) is 29.7 Å². The molecule has 16 heavy (non-hydrogen) atoms. The standard InChI is InChI=1S/C14H16O2/c1-2-3-9-16-12-8-7-11-5-4-6-14(15)13(11)10-12/h2-3,7-8,10H,4-6,9H2,1H3/b3-2+. The number of carbonyl (C=O) groups is 1. The van der Waals surface area contributed by atoms with Crippen LogP contribution in [0.2, 0.25) is 0 Å². The number of hydrogen-bond donors (Lipinski definition) is 0. The zero-order valence-electron chi connectivity index (χ0n) is 9.53. The number of aryl methyl sites for hydroxylation is 1. The van der Waals surface area contributed by atoms with Crippen LogP contribution in [-0.4, -0.2) is 12.4 Å². The van der Waals surface area contributed by atoms with Gasteiger partial charge in [0.15, 0.2) is 5.78 Å². The molecule has 0 amide bonds. The molecular formula is C14H16O2. The number of ketones is 1. The quantitative estimate of drug-likeness (QED) is 0.725. The summed E-state index contributed by atoms with van der Waals surface area (Å²) in [6, 6.07) is 5.83. The van der Waals surface area contributed by atoms with Crippen molar-refractivity contribution in [2.75, 3.05) is 6.61 Å². The number of benzene rings is 1. The molecule has 0 unspecified atom stereocenters. The molecule has 0 saturated heterocycles. The van der Waals surface area contributed by atoms with Gasteiger partial charge in [-0.3, -0.25) is 4.79 Å². The van der Waals surface area contributed by atoms with Crippen LogP contribution in [0.15, 0.2) is 30.4 Å². The fourth-order valence-electron chi connectivity index (χ4n) is 1.94. The summed E-state index contributed by atoms with van der Waals surface area (Å²) in [6.07, 6.45) is 6.55. The molecule has 2 nitrogen and oxygen atoms in total. The molecule has 1 aliphatic carbocycles. The zero-order valence-corrected chi connectivity index (χ0v) is 9.53. The van der Waals surface area contributed by atoms with E-state index >= 15 is 0 Å². The molecule has 1 aromatic rings. The maximum atomic E-state index is 11.7. The van der Waals surface area contributed by atoms with Crippen molar-refractivity contribution in [3.8, 4) is 5.75 Å². The van der Waals surface area contributed by atoms with Gasteiger partial charge in [-0.2, -0.15) is 0 Å². The lowest BCUT2D eigenvalue weighted by atomic mass is 9.90. The molecule has 0 heterocycles. The average molecular weight is 216 g/mol. The highest BCUT2D eigenvalue weighted by Crippen LogP contribution is 2.25. The van der Waals surface area contributed by atoms with Crippen LogP contribution in [0.4, 0.5) is 0 Å². The van der Waals surface area contributed by atoms with Crippen LogP contribution in [-0.2, 0) is 6.42 Å². The van der Waals surface area contributed by atoms with Crippen LogP contribution in [0, 0.1) is 0 Å². The lowest BCUT2D eigenvalue weighted by Gasteiger charge is -2.15. The molecule has 1 aliphatic rings. The molecule has 0 radical (unpaired) electrons. The summed E-state index contributed by atoms with van der Waals surface area (Å²) < 4.78 is 5.52. The summed E-state index contributed by atoms with van der Waals surface area (Å²) in [7, 11) is 0. The Morgan fingerprint density at radius 3 is 3.06 bits per heavy atom. The highest BCUT2D eigenvalue weighted by atomic mass is 16.5. The monoisotopic (exact) mass is 216 g/mol. The van der Waals surface area contributed by atoms with Crippen molar-refractivity contribution in [1.29, 1.82) is 0 Å². The molecular weight excluding hydrogens is 200 g/mol. The van der Waals surface area contributed by atoms with E-state index in [4.69, 9.17) is 4.74 Å². The maximum absolute atomic E-state index is 11.7. The largest absolute Gasteiger partial charge is 0.490 e. The summed E-state index contributed by atoms with van der Waals surface area (Å²) in [6.45, 7) is 2.52. The van der Waals surface area contributed by atoms with E-state index in [2.05, 4.69) is 0 Å². The van der Waals surface area contributed by atoms with Crippen LogP contribution in [0.5, 0.6) is 5.75 Å². The number of ether oxygens (including phenoxy) is 1. The van der Waals surface area contributed by atoms with E-state index in [1.165, 1.54) is 0 Å². The Labute approximate surface area is 95.9 Å². The number of hydrogen-bond acceptors (Lipinski definition) is 2. The predicted octanol–water partition coefficient (Wildman–Crippen LogP) is 3.16. The third-order valence-corrected chi connectivity index (χ3v) is 2.81. The minimum Gasteiger partial charge on any atom is -0.490 e. The van der Waals surface area contributed by atoms with Crippen molar-refractivity contribution in [3.63, 3.8) is 0 Å². The van der Waals surface area contributed by atoms with Gasteiger partial charge in [0, 0.05) is 12.0 Å². The first-order valence-corrected chi connectivity index (χ1v) is 5.71. The third kappa shape index (κ3) is 2.32. The van der Waals surface area contributed by atoms with Crippen molar-refractivity contribution in [2.45, 2.75) is 26.2 Å². The van der Waals surface area contributed by atoms with E-state index in [9.17, 15) is 4.79 Å². The van der Waals surface area contributed by atoms with E-state index in [1.54, 1.807) is 0 Å². The van der Waals surface area contributed by atoms with Crippen molar-refractivity contribution >= 4 is 5.78 Å². The first kappa shape index (κ1) is 10.9. The molecule has 1 aromatic carbocycles. The van der Waals surface area contributed by atoms with Gasteiger partial charge >= 0.3 is 0 Å². The molecule has 0 N–H and O–H groups in total. The van der Waals surface area contributed by atoms with E-state index < -0.39 is 0 Å². The first-order valence-electron chi connectivity index (χ1n) is 5.71. The minimum absolute atomic E-state index is 0.248. The second kappa shape index (κ2) is 4.97. The molecule has 0 aromatic heterocycles. The summed E-state index contributed by atoms with van der Waals surface area (Å²) in [5.41, 5.74) is 2.01. The average Bonchev–Trinajstić information content (AvgIpc) is 2.30. The number of rotatable bonds is 3. The molecule has 0 bridgehead atoms. The predicted molar refractivity (Wildman–Crippen MR) is 64.0 cm³/mol. The number of carbonyl (C=O) groups excluding carboxylic acids is 1. The van der Waals surface area contributed by atoms with Gasteiger partial charge < -0.3 is 4.74 Å². The smallest absolute Gasteiger partial charge is 0.163 e. The maximum Gasteiger partial charge on any atom is 0.163 e. The second-order valence-corrected chi connectivity index (χ2v) is 3.98. The Hall–Kier alpha value is -1.57. The van der Waals surface area contributed by atoms with Crippen LogP contribution in [0.25, 0.3) is 0 Å². The molecule has 84 valence electrons. The molecule has 0 spiro atoms. The number of Topliss-reactive ketones (excluding diaryl/α,β-unsaturated/α-hetero) is 1. The molecule has 2 rings (SSSR count). The van der Waals surface area contributed by atoms with E-state index in [-0.39, 0.29) is 5.78 Å². The highest BCUT2D eigenvalue weighted by Gasteiger charge is 2.17. The lowest BCUT2D eigenvalue weighted by molar-refractivity contribution is 0.0972. The van der Waals surface area contributed by atoms with Gasteiger partial charge in [-0.05, 0) is 37.5 Å². The molecule has 0 aliphatic heterocycles. The van der Waals surface area contributed by atoms with Gasteiger partial charge in [-0.15, -0.1) is 0 Å². The van der Waals surface area contributed by atoms with Gasteiger partial charge in [-0.25, -0.2) is 0 Å². The second-order valence-electron chi connectivity index (χ2n) is 3.98. The third-order valence-electron chi connectivity index (χ3n) is 2.81. The molecule has 0 atom stereocenters. The van der Waals surface area contributed by atoms with Gasteiger partial charge in [-0.1, -0.05) is 18.2 Å². The van der Waals surface area contributed by atoms with E-state index in [0.29, 0.717) is 13.0 Å². The van der Waals surface area contributed by atoms with E-state index in [1.807, 2.05) is 37.3 Å². The fourth-order valence-corrected chi connectivity index (χ4v) is 1.94. The Bertz CT molecular complexity index is 419. The Balaban J connectivity index is 2.17. The van der Waals surface area contributed by atoms with Crippen molar-refractivity contribution in [1.82, 2.24) is 0 Å². The summed E-state index contributed by atoms with van der Waals surface area (Å²) >= 11 is 0. The normalized spacial score (nSPS) is 15.2. The van der Waals surface area contributed by atoms with Crippen LogP contribution >= 0.6 is 0 Å². The fraction of sp³-hybridized carbons (Fsp3) is 0.357. The van der Waals surface area contributed by atoms with Crippen molar-refractivity contribution in [2.24, 2.45) is 0 Å². The highest BCUT2D eigenvalue weighted by molar-refractivity contribution is 5.98. The lowest BCUT2D eigenvalue weighted by Crippen LogP contribution is -2.10. The Kier molecular flexibility index (Phi) is 3.40. The number of fused-ring (bicyclic) bond motifs is 1. The summed E-state index contributed by atoms with van der Waals surface area (Å²) in [5, 5.41) is 0. The Morgan fingerprint density at radius 1 is 1.38 bits per heavy atom. The Morgan fingerprint density at radius 2 is 2.25 bits per heavy atom. The molecule has 2 heteroatoms. The molecule has 0 fully saturated rings. The zero-order chi connectivity index (χ0) is 11.4. The van der Waals surface area contributed by atoms with Gasteiger partial charge in [0.25, 0.3) is 0 Å². The van der Waals surface area contributed by atoms with Crippen LogP contribution in [0.1, 0.15) is 35.7 Å². The van der Waals surface area contributed by atoms with Crippen molar-refractivity contribution < 1.29 is 9.53 Å². The van der Waals surface area contributed by atoms with Gasteiger partial charge in [0.1, 0.15) is 12.4 Å². The van der Waals surface area contributed by atoms with Gasteiger partial charge in [0.05, 0.1) is 0 Å². The summed E-state index contributed by atoms with van der Waals surface area (Å²) in [4.78, 5) is 11.7. The van der Waals surface area contributed by atoms with Gasteiger partial charge in [0.2, 0.25) is 0 Å². The van der Waals surface area contributed by atoms with Crippen LogP contribution in [0.3, 0.4) is 0 Å². The van der Waals surface area contributed by atoms with Crippen LogP contribution < -0.4 is 4.74 Å². The molecule has 0 saturated carbocycles. The topological polar surface area (TPSA) is 26.3 Å². The summed E-state index contributed by atoms with van der Waals surface area (Å²) in [5.74, 6) is 1.03. The minimum atomic E-state index is 0.248. The van der Waals surface area contributed by atoms with Crippen molar-refractivity contribution in [3.05, 3.63) is 41.5 Å². The number of allylic oxidation sites excluding steroid dienone is 1. The SMILES string of the molecule is C/C=C/COc1ccc2c(c1)C(=O)CCC2.